The predicted molar refractivity (Wildman–Crippen MR) is 119 cm³/mol. The zero-order valence-corrected chi connectivity index (χ0v) is 19.2. The minimum atomic E-state index is -5.08. The van der Waals surface area contributed by atoms with E-state index in [1.165, 1.54) is 0 Å². The lowest BCUT2D eigenvalue weighted by molar-refractivity contribution is -0.192. The van der Waals surface area contributed by atoms with Crippen LogP contribution in [0.5, 0.6) is 0 Å². The highest BCUT2D eigenvalue weighted by atomic mass is 35.5. The molecule has 2 aromatic heterocycles. The smallest absolute Gasteiger partial charge is 0.475 e. The number of halogens is 5. The topological polar surface area (TPSA) is 120 Å². The van der Waals surface area contributed by atoms with Crippen LogP contribution in [0.25, 0.3) is 11.2 Å². The molecule has 1 aromatic carbocycles. The van der Waals surface area contributed by atoms with Crippen LogP contribution in [0, 0.1) is 11.3 Å². The Morgan fingerprint density at radius 2 is 1.94 bits per heavy atom. The average Bonchev–Trinajstić information content (AvgIpc) is 3.17. The number of aliphatic carboxylic acids is 1. The van der Waals surface area contributed by atoms with E-state index in [0.29, 0.717) is 21.2 Å². The molecule has 0 saturated carbocycles. The number of piperazine rings is 1. The van der Waals surface area contributed by atoms with Gasteiger partial charge < -0.3 is 15.3 Å². The Hall–Kier alpha value is -3.14. The molecule has 2 N–H and O–H groups in total. The summed E-state index contributed by atoms with van der Waals surface area (Å²) in [6.07, 6.45) is -3.37. The van der Waals surface area contributed by atoms with Crippen LogP contribution in [-0.2, 0) is 4.79 Å². The largest absolute Gasteiger partial charge is 0.490 e. The first-order valence-corrected chi connectivity index (χ1v) is 10.6. The summed E-state index contributed by atoms with van der Waals surface area (Å²) in [5, 5.41) is 25.5. The van der Waals surface area contributed by atoms with Gasteiger partial charge in [-0.3, -0.25) is 0 Å². The van der Waals surface area contributed by atoms with Crippen LogP contribution in [0.4, 0.5) is 19.0 Å². The molecule has 3 heterocycles. The van der Waals surface area contributed by atoms with Gasteiger partial charge in [0, 0.05) is 36.2 Å². The fourth-order valence-electron chi connectivity index (χ4n) is 3.26. The number of nitrogens with one attached hydrogen (secondary N) is 1. The van der Waals surface area contributed by atoms with Crippen molar-refractivity contribution >= 4 is 46.2 Å². The molecule has 34 heavy (non-hydrogen) atoms. The number of hydrogen-bond acceptors (Lipinski definition) is 7. The highest BCUT2D eigenvalue weighted by Gasteiger charge is 2.38. The number of nitrogens with zero attached hydrogens (tertiary/aromatic N) is 6. The van der Waals surface area contributed by atoms with Crippen LogP contribution < -0.4 is 10.2 Å². The maximum Gasteiger partial charge on any atom is 0.490 e. The van der Waals surface area contributed by atoms with Gasteiger partial charge in [0.05, 0.1) is 12.2 Å². The van der Waals surface area contributed by atoms with Crippen molar-refractivity contribution in [3.63, 3.8) is 0 Å². The molecular weight excluding hydrogens is 498 g/mol. The molecule has 4 rings (SSSR count). The van der Waals surface area contributed by atoms with E-state index < -0.39 is 12.1 Å². The van der Waals surface area contributed by atoms with Crippen LogP contribution in [0.3, 0.4) is 0 Å². The normalized spacial score (nSPS) is 14.8. The third kappa shape index (κ3) is 5.67. The molecule has 3 aromatic rings. The average molecular weight is 516 g/mol. The fraction of sp³-hybridized carbons (Fsp3) is 0.350. The number of fused-ring (bicyclic) bond motifs is 1. The van der Waals surface area contributed by atoms with E-state index in [2.05, 4.69) is 26.4 Å². The standard InChI is InChI=1S/C18H17Cl2N7.C2HF3O2/c1-11(13-3-2-12(19)8-14(13)20)27-18-17(15(9-21)25-27)23-10-16(24-18)26-6-4-22-5-7-26;3-2(4,5)1(6)7/h2-3,8,10-11,22H,4-7H2,1H3;(H,6,7). The molecule has 1 saturated heterocycles. The first-order chi connectivity index (χ1) is 16.0. The number of carbonyl (C=O) groups is 1. The number of carboxylic acids is 1. The fourth-order valence-corrected chi connectivity index (χ4v) is 3.83. The summed E-state index contributed by atoms with van der Waals surface area (Å²) in [6, 6.07) is 7.22. The molecule has 1 aliphatic heterocycles. The number of carboxylic acid groups (broad SMARTS) is 1. The summed E-state index contributed by atoms with van der Waals surface area (Å²) < 4.78 is 33.4. The van der Waals surface area contributed by atoms with Crippen LogP contribution in [0.15, 0.2) is 24.4 Å². The van der Waals surface area contributed by atoms with E-state index in [-0.39, 0.29) is 11.7 Å². The van der Waals surface area contributed by atoms with Crippen molar-refractivity contribution in [1.29, 1.82) is 5.26 Å². The zero-order chi connectivity index (χ0) is 25.0. The summed E-state index contributed by atoms with van der Waals surface area (Å²) in [4.78, 5) is 20.3. The van der Waals surface area contributed by atoms with Gasteiger partial charge in [-0.05, 0) is 24.6 Å². The zero-order valence-electron chi connectivity index (χ0n) is 17.6. The number of nitriles is 1. The Labute approximate surface area is 201 Å². The van der Waals surface area contributed by atoms with Crippen LogP contribution >= 0.6 is 23.2 Å². The van der Waals surface area contributed by atoms with Gasteiger partial charge in [-0.15, -0.1) is 0 Å². The van der Waals surface area contributed by atoms with Crippen molar-refractivity contribution in [2.45, 2.75) is 19.1 Å². The summed E-state index contributed by atoms with van der Waals surface area (Å²) >= 11 is 12.4. The van der Waals surface area contributed by atoms with Crippen LogP contribution in [-0.4, -0.2) is 63.2 Å². The molecule has 9 nitrogen and oxygen atoms in total. The first-order valence-electron chi connectivity index (χ1n) is 9.89. The minimum absolute atomic E-state index is 0.230. The molecule has 180 valence electrons. The maximum atomic E-state index is 10.6. The molecule has 0 radical (unpaired) electrons. The van der Waals surface area contributed by atoms with Crippen LogP contribution in [0.2, 0.25) is 10.0 Å². The third-order valence-electron chi connectivity index (χ3n) is 4.96. The second kappa shape index (κ2) is 10.4. The lowest BCUT2D eigenvalue weighted by Crippen LogP contribution is -2.43. The minimum Gasteiger partial charge on any atom is -0.475 e. The van der Waals surface area contributed by atoms with E-state index in [9.17, 15) is 18.4 Å². The van der Waals surface area contributed by atoms with Crippen molar-refractivity contribution in [2.75, 3.05) is 31.1 Å². The number of anilines is 1. The SMILES string of the molecule is CC(c1ccc(Cl)cc1Cl)n1nc(C#N)c2ncc(N3CCNCC3)nc21.O=C(O)C(F)(F)F. The van der Waals surface area contributed by atoms with E-state index in [0.717, 1.165) is 37.6 Å². The van der Waals surface area contributed by atoms with Crippen molar-refractivity contribution in [2.24, 2.45) is 0 Å². The molecule has 0 aliphatic carbocycles. The molecule has 0 amide bonds. The summed E-state index contributed by atoms with van der Waals surface area (Å²) in [7, 11) is 0. The molecule has 1 aliphatic rings. The third-order valence-corrected chi connectivity index (χ3v) is 5.52. The van der Waals surface area contributed by atoms with Gasteiger partial charge in [-0.25, -0.2) is 19.4 Å². The predicted octanol–water partition coefficient (Wildman–Crippen LogP) is 3.66. The number of hydrogen-bond donors (Lipinski definition) is 2. The molecule has 1 fully saturated rings. The number of benzene rings is 1. The van der Waals surface area contributed by atoms with Gasteiger partial charge >= 0.3 is 12.1 Å². The number of aromatic nitrogens is 4. The van der Waals surface area contributed by atoms with Gasteiger partial charge in [0.15, 0.2) is 11.3 Å². The van der Waals surface area contributed by atoms with Gasteiger partial charge in [-0.2, -0.15) is 23.5 Å². The summed E-state index contributed by atoms with van der Waals surface area (Å²) in [5.41, 5.74) is 2.17. The van der Waals surface area contributed by atoms with E-state index in [1.54, 1.807) is 23.0 Å². The van der Waals surface area contributed by atoms with Gasteiger partial charge in [0.25, 0.3) is 0 Å². The maximum absolute atomic E-state index is 10.6. The molecular formula is C20H18Cl2F3N7O2. The Bertz CT molecular complexity index is 1240. The van der Waals surface area contributed by atoms with Gasteiger partial charge in [0.1, 0.15) is 17.4 Å². The summed E-state index contributed by atoms with van der Waals surface area (Å²) in [6.45, 7) is 5.48. The quantitative estimate of drug-likeness (QED) is 0.542. The van der Waals surface area contributed by atoms with Gasteiger partial charge in [-0.1, -0.05) is 29.3 Å². The van der Waals surface area contributed by atoms with Crippen molar-refractivity contribution < 1.29 is 23.1 Å². The monoisotopic (exact) mass is 515 g/mol. The molecule has 1 unspecified atom stereocenters. The van der Waals surface area contributed by atoms with Crippen molar-refractivity contribution in [3.8, 4) is 6.07 Å². The van der Waals surface area contributed by atoms with Crippen LogP contribution in [0.1, 0.15) is 24.2 Å². The molecule has 0 bridgehead atoms. The highest BCUT2D eigenvalue weighted by Crippen LogP contribution is 2.31. The van der Waals surface area contributed by atoms with Gasteiger partial charge in [0.2, 0.25) is 0 Å². The Kier molecular flexibility index (Phi) is 7.81. The van der Waals surface area contributed by atoms with E-state index in [1.807, 2.05) is 13.0 Å². The Balaban J connectivity index is 0.000000406. The Morgan fingerprint density at radius 3 is 2.50 bits per heavy atom. The second-order valence-corrected chi connectivity index (χ2v) is 8.03. The van der Waals surface area contributed by atoms with E-state index in [4.69, 9.17) is 38.1 Å². The lowest BCUT2D eigenvalue weighted by Gasteiger charge is -2.28. The second-order valence-electron chi connectivity index (χ2n) is 7.19. The number of rotatable bonds is 3. The molecule has 14 heteroatoms. The lowest BCUT2D eigenvalue weighted by atomic mass is 10.1. The molecule has 1 atom stereocenters. The van der Waals surface area contributed by atoms with E-state index >= 15 is 0 Å². The number of alkyl halides is 3. The Morgan fingerprint density at radius 1 is 1.29 bits per heavy atom. The molecule has 0 spiro atoms. The van der Waals surface area contributed by atoms with Crippen molar-refractivity contribution in [1.82, 2.24) is 25.1 Å². The highest BCUT2D eigenvalue weighted by molar-refractivity contribution is 6.35. The first kappa shape index (κ1) is 25.5. The summed E-state index contributed by atoms with van der Waals surface area (Å²) in [5.74, 6) is -1.98. The van der Waals surface area contributed by atoms with Crippen molar-refractivity contribution in [3.05, 3.63) is 45.7 Å².